The number of fused-ring (bicyclic) bond motifs is 1. The topological polar surface area (TPSA) is 50.9 Å². The largest absolute Gasteiger partial charge is 0.271 e. The van der Waals surface area contributed by atoms with Gasteiger partial charge in [-0.15, -0.1) is 11.3 Å². The Morgan fingerprint density at radius 1 is 1.58 bits per heavy atom. The molecule has 62 valence electrons. The molecule has 0 fully saturated rings. The summed E-state index contributed by atoms with van der Waals surface area (Å²) in [5, 5.41) is 1.24. The highest BCUT2D eigenvalue weighted by atomic mass is 32.1. The van der Waals surface area contributed by atoms with Gasteiger partial charge in [-0.05, 0) is 17.5 Å². The normalized spacial score (nSPS) is 10.8. The summed E-state index contributed by atoms with van der Waals surface area (Å²) in [6.45, 7) is 0.722. The summed E-state index contributed by atoms with van der Waals surface area (Å²) in [6.07, 6.45) is 3.68. The van der Waals surface area contributed by atoms with Gasteiger partial charge in [0.25, 0.3) is 0 Å². The summed E-state index contributed by atoms with van der Waals surface area (Å²) in [7, 11) is 0. The van der Waals surface area contributed by atoms with Crippen molar-refractivity contribution in [2.45, 2.75) is 6.54 Å². The Bertz CT molecular complexity index is 349. The number of hydrogen-bond donors (Lipinski definition) is 2. The zero-order chi connectivity index (χ0) is 8.39. The third-order valence-electron chi connectivity index (χ3n) is 1.65. The van der Waals surface area contributed by atoms with E-state index in [1.165, 1.54) is 15.0 Å². The Balaban J connectivity index is 2.47. The van der Waals surface area contributed by atoms with E-state index in [1.807, 2.05) is 12.3 Å². The fourth-order valence-electron chi connectivity index (χ4n) is 1.13. The summed E-state index contributed by atoms with van der Waals surface area (Å²) in [4.78, 5) is 5.28. The fraction of sp³-hybridized carbons (Fsp3) is 0.125. The SMILES string of the molecule is NNCc1cc2ccncc2s1. The Hall–Kier alpha value is -0.970. The minimum Gasteiger partial charge on any atom is -0.271 e. The van der Waals surface area contributed by atoms with Crippen LogP contribution in [0.4, 0.5) is 0 Å². The first kappa shape index (κ1) is 7.67. The molecule has 0 aliphatic carbocycles. The van der Waals surface area contributed by atoms with Crippen LogP contribution in [0.5, 0.6) is 0 Å². The van der Waals surface area contributed by atoms with E-state index in [4.69, 9.17) is 5.84 Å². The lowest BCUT2D eigenvalue weighted by atomic mass is 10.3. The number of pyridine rings is 1. The van der Waals surface area contributed by atoms with E-state index in [2.05, 4.69) is 16.5 Å². The third-order valence-corrected chi connectivity index (χ3v) is 2.74. The van der Waals surface area contributed by atoms with Crippen LogP contribution in [0.1, 0.15) is 4.88 Å². The molecular formula is C8H9N3S. The molecule has 0 bridgehead atoms. The summed E-state index contributed by atoms with van der Waals surface area (Å²) < 4.78 is 1.21. The quantitative estimate of drug-likeness (QED) is 0.539. The Labute approximate surface area is 74.2 Å². The number of hydrazine groups is 1. The highest BCUT2D eigenvalue weighted by Gasteiger charge is 1.99. The maximum atomic E-state index is 5.22. The van der Waals surface area contributed by atoms with E-state index in [0.717, 1.165) is 6.54 Å². The lowest BCUT2D eigenvalue weighted by molar-refractivity contribution is 0.751. The molecule has 2 aromatic rings. The number of aromatic nitrogens is 1. The van der Waals surface area contributed by atoms with Crippen molar-refractivity contribution in [2.75, 3.05) is 0 Å². The summed E-state index contributed by atoms with van der Waals surface area (Å²) in [5.74, 6) is 5.22. The summed E-state index contributed by atoms with van der Waals surface area (Å²) >= 11 is 1.72. The second kappa shape index (κ2) is 3.18. The molecule has 0 atom stereocenters. The van der Waals surface area contributed by atoms with Gasteiger partial charge in [0.2, 0.25) is 0 Å². The number of nitrogens with one attached hydrogen (secondary N) is 1. The van der Waals surface area contributed by atoms with Gasteiger partial charge in [-0.1, -0.05) is 0 Å². The van der Waals surface area contributed by atoms with E-state index in [9.17, 15) is 0 Å². The fourth-order valence-corrected chi connectivity index (χ4v) is 2.11. The molecule has 2 rings (SSSR count). The lowest BCUT2D eigenvalue weighted by Crippen LogP contribution is -2.19. The Morgan fingerprint density at radius 3 is 3.25 bits per heavy atom. The van der Waals surface area contributed by atoms with Crippen molar-refractivity contribution in [1.29, 1.82) is 0 Å². The molecule has 0 amide bonds. The summed E-state index contributed by atoms with van der Waals surface area (Å²) in [5.41, 5.74) is 2.63. The molecule has 0 aliphatic heterocycles. The van der Waals surface area contributed by atoms with Crippen molar-refractivity contribution in [2.24, 2.45) is 5.84 Å². The first-order valence-electron chi connectivity index (χ1n) is 3.66. The number of rotatable bonds is 2. The average Bonchev–Trinajstić information content (AvgIpc) is 2.47. The molecule has 12 heavy (non-hydrogen) atoms. The molecule has 0 aliphatic rings. The lowest BCUT2D eigenvalue weighted by Gasteiger charge is -1.89. The van der Waals surface area contributed by atoms with E-state index < -0.39 is 0 Å². The van der Waals surface area contributed by atoms with Gasteiger partial charge in [0.05, 0.1) is 4.70 Å². The van der Waals surface area contributed by atoms with Crippen LogP contribution >= 0.6 is 11.3 Å². The van der Waals surface area contributed by atoms with Crippen LogP contribution in [0, 0.1) is 0 Å². The molecule has 0 aromatic carbocycles. The van der Waals surface area contributed by atoms with Crippen LogP contribution in [0.15, 0.2) is 24.5 Å². The monoisotopic (exact) mass is 179 g/mol. The molecule has 0 saturated heterocycles. The summed E-state index contributed by atoms with van der Waals surface area (Å²) in [6, 6.07) is 4.13. The van der Waals surface area contributed by atoms with Gasteiger partial charge in [0.15, 0.2) is 0 Å². The molecular weight excluding hydrogens is 170 g/mol. The molecule has 2 aromatic heterocycles. The smallest absolute Gasteiger partial charge is 0.0529 e. The van der Waals surface area contributed by atoms with Crippen LogP contribution in [-0.2, 0) is 6.54 Å². The van der Waals surface area contributed by atoms with Crippen molar-refractivity contribution in [3.63, 3.8) is 0 Å². The zero-order valence-corrected chi connectivity index (χ0v) is 7.27. The van der Waals surface area contributed by atoms with Crippen LogP contribution in [0.3, 0.4) is 0 Å². The molecule has 0 unspecified atom stereocenters. The van der Waals surface area contributed by atoms with Crippen LogP contribution < -0.4 is 11.3 Å². The van der Waals surface area contributed by atoms with E-state index in [-0.39, 0.29) is 0 Å². The number of nitrogens with zero attached hydrogens (tertiary/aromatic N) is 1. The molecule has 0 radical (unpaired) electrons. The molecule has 0 saturated carbocycles. The maximum Gasteiger partial charge on any atom is 0.0529 e. The van der Waals surface area contributed by atoms with Gasteiger partial charge < -0.3 is 0 Å². The van der Waals surface area contributed by atoms with E-state index >= 15 is 0 Å². The van der Waals surface area contributed by atoms with Gasteiger partial charge in [0.1, 0.15) is 0 Å². The second-order valence-electron chi connectivity index (χ2n) is 2.51. The molecule has 0 spiro atoms. The van der Waals surface area contributed by atoms with Crippen molar-refractivity contribution < 1.29 is 0 Å². The molecule has 3 N–H and O–H groups in total. The first-order valence-corrected chi connectivity index (χ1v) is 4.47. The average molecular weight is 179 g/mol. The minimum absolute atomic E-state index is 0.722. The van der Waals surface area contributed by atoms with Crippen molar-refractivity contribution in [1.82, 2.24) is 10.4 Å². The highest BCUT2D eigenvalue weighted by Crippen LogP contribution is 2.23. The van der Waals surface area contributed by atoms with Crippen LogP contribution in [-0.4, -0.2) is 4.98 Å². The van der Waals surface area contributed by atoms with Crippen molar-refractivity contribution in [3.05, 3.63) is 29.4 Å². The van der Waals surface area contributed by atoms with Gasteiger partial charge >= 0.3 is 0 Å². The second-order valence-corrected chi connectivity index (χ2v) is 3.68. The Morgan fingerprint density at radius 2 is 2.50 bits per heavy atom. The number of thiophene rings is 1. The van der Waals surface area contributed by atoms with Crippen LogP contribution in [0.25, 0.3) is 10.1 Å². The molecule has 2 heterocycles. The Kier molecular flexibility index (Phi) is 2.03. The third kappa shape index (κ3) is 1.32. The predicted octanol–water partition coefficient (Wildman–Crippen LogP) is 1.26. The van der Waals surface area contributed by atoms with Gasteiger partial charge in [0, 0.05) is 23.8 Å². The first-order chi connectivity index (χ1) is 5.90. The van der Waals surface area contributed by atoms with Crippen molar-refractivity contribution in [3.8, 4) is 0 Å². The van der Waals surface area contributed by atoms with Gasteiger partial charge in [-0.25, -0.2) is 0 Å². The molecule has 3 nitrogen and oxygen atoms in total. The van der Waals surface area contributed by atoms with E-state index in [0.29, 0.717) is 0 Å². The highest BCUT2D eigenvalue weighted by molar-refractivity contribution is 7.19. The number of nitrogens with two attached hydrogens (primary N) is 1. The van der Waals surface area contributed by atoms with Crippen LogP contribution in [0.2, 0.25) is 0 Å². The molecule has 4 heteroatoms. The van der Waals surface area contributed by atoms with Crippen molar-refractivity contribution >= 4 is 21.4 Å². The van der Waals surface area contributed by atoms with E-state index in [1.54, 1.807) is 17.5 Å². The minimum atomic E-state index is 0.722. The zero-order valence-electron chi connectivity index (χ0n) is 6.45. The van der Waals surface area contributed by atoms with Gasteiger partial charge in [-0.3, -0.25) is 16.3 Å². The number of hydrogen-bond acceptors (Lipinski definition) is 4. The standard InChI is InChI=1S/C8H9N3S/c9-11-4-7-3-6-1-2-10-5-8(6)12-7/h1-3,5,11H,4,9H2. The maximum absolute atomic E-state index is 5.22. The predicted molar refractivity (Wildman–Crippen MR) is 50.6 cm³/mol. The van der Waals surface area contributed by atoms with Gasteiger partial charge in [-0.2, -0.15) is 0 Å².